The third-order valence-electron chi connectivity index (χ3n) is 5.98. The van der Waals surface area contributed by atoms with E-state index in [0.717, 1.165) is 28.9 Å². The Balaban J connectivity index is 1.42. The Labute approximate surface area is 198 Å². The number of para-hydroxylation sites is 1. The first-order valence-corrected chi connectivity index (χ1v) is 11.2. The van der Waals surface area contributed by atoms with Gasteiger partial charge >= 0.3 is 6.18 Å². The first-order chi connectivity index (χ1) is 16.0. The van der Waals surface area contributed by atoms with Crippen molar-refractivity contribution in [2.45, 2.75) is 26.6 Å². The number of halogens is 3. The molecule has 0 aromatic heterocycles. The van der Waals surface area contributed by atoms with Gasteiger partial charge in [-0.25, -0.2) is 0 Å². The van der Waals surface area contributed by atoms with E-state index in [-0.39, 0.29) is 24.9 Å². The van der Waals surface area contributed by atoms with Gasteiger partial charge in [0.25, 0.3) is 0 Å². The van der Waals surface area contributed by atoms with E-state index in [1.807, 2.05) is 36.9 Å². The maximum Gasteiger partial charge on any atom is 0.416 e. The molecule has 0 radical (unpaired) electrons. The van der Waals surface area contributed by atoms with Gasteiger partial charge in [0.2, 0.25) is 11.8 Å². The molecule has 0 atom stereocenters. The molecule has 0 unspecified atom stereocenters. The molecule has 0 bridgehead atoms. The van der Waals surface area contributed by atoms with Gasteiger partial charge in [-0.1, -0.05) is 30.3 Å². The van der Waals surface area contributed by atoms with E-state index in [1.165, 1.54) is 12.1 Å². The minimum atomic E-state index is -4.36. The Hall–Kier alpha value is -2.91. The highest BCUT2D eigenvalue weighted by atomic mass is 19.4. The number of likely N-dealkylation sites (N-methyl/N-ethyl adjacent to an activating group) is 1. The third kappa shape index (κ3) is 7.04. The number of nitrogens with one attached hydrogen (secondary N) is 1. The van der Waals surface area contributed by atoms with Gasteiger partial charge in [-0.05, 0) is 49.7 Å². The quantitative estimate of drug-likeness (QED) is 0.664. The number of amides is 2. The fourth-order valence-electron chi connectivity index (χ4n) is 4.05. The molecule has 9 heteroatoms. The second-order valence-electron chi connectivity index (χ2n) is 8.84. The summed E-state index contributed by atoms with van der Waals surface area (Å²) in [6, 6.07) is 10.9. The van der Waals surface area contributed by atoms with E-state index >= 15 is 0 Å². The molecule has 1 heterocycles. The van der Waals surface area contributed by atoms with Crippen molar-refractivity contribution in [3.05, 3.63) is 64.7 Å². The molecule has 0 aliphatic carbocycles. The summed E-state index contributed by atoms with van der Waals surface area (Å²) < 4.78 is 38.1. The van der Waals surface area contributed by atoms with Gasteiger partial charge in [0.1, 0.15) is 0 Å². The summed E-state index contributed by atoms with van der Waals surface area (Å²) in [7, 11) is 1.77. The van der Waals surface area contributed by atoms with Crippen molar-refractivity contribution in [2.24, 2.45) is 0 Å². The van der Waals surface area contributed by atoms with Gasteiger partial charge < -0.3 is 10.2 Å². The van der Waals surface area contributed by atoms with Crippen LogP contribution in [0.15, 0.2) is 42.5 Å². The highest BCUT2D eigenvalue weighted by molar-refractivity contribution is 5.93. The summed E-state index contributed by atoms with van der Waals surface area (Å²) in [6.45, 7) is 7.01. The van der Waals surface area contributed by atoms with E-state index in [1.54, 1.807) is 16.8 Å². The summed E-state index contributed by atoms with van der Waals surface area (Å²) in [6.07, 6.45) is -4.36. The van der Waals surface area contributed by atoms with Crippen LogP contribution in [0.3, 0.4) is 0 Å². The molecular formula is C25H31F3N4O2. The zero-order valence-corrected chi connectivity index (χ0v) is 19.8. The van der Waals surface area contributed by atoms with Crippen molar-refractivity contribution < 1.29 is 22.8 Å². The standard InChI is InChI=1S/C25H31F3N4O2/c1-18-5-4-6-19(2)24(18)29-22(33)16-31-11-13-32(14-12-31)23(34)17-30(3)15-20-7-9-21(10-8-20)25(26,27)28/h4-10H,11-17H2,1-3H3,(H,29,33). The van der Waals surface area contributed by atoms with Gasteiger partial charge in [-0.3, -0.25) is 19.4 Å². The van der Waals surface area contributed by atoms with E-state index in [4.69, 9.17) is 0 Å². The second-order valence-corrected chi connectivity index (χ2v) is 8.84. The molecule has 1 N–H and O–H groups in total. The Morgan fingerprint density at radius 2 is 1.56 bits per heavy atom. The van der Waals surface area contributed by atoms with Gasteiger partial charge in [-0.2, -0.15) is 13.2 Å². The molecule has 2 aromatic carbocycles. The first-order valence-electron chi connectivity index (χ1n) is 11.2. The molecule has 0 spiro atoms. The molecule has 2 amide bonds. The van der Waals surface area contributed by atoms with Crippen molar-refractivity contribution in [3.8, 4) is 0 Å². The summed E-state index contributed by atoms with van der Waals surface area (Å²) in [4.78, 5) is 30.7. The molecule has 6 nitrogen and oxygen atoms in total. The minimum absolute atomic E-state index is 0.0333. The molecule has 1 fully saturated rings. The lowest BCUT2D eigenvalue weighted by Crippen LogP contribution is -2.52. The van der Waals surface area contributed by atoms with E-state index in [2.05, 4.69) is 5.32 Å². The lowest BCUT2D eigenvalue weighted by molar-refractivity contribution is -0.137. The average molecular weight is 477 g/mol. The molecule has 34 heavy (non-hydrogen) atoms. The van der Waals surface area contributed by atoms with Gasteiger partial charge in [-0.15, -0.1) is 0 Å². The Kier molecular flexibility index (Phi) is 8.33. The number of carbonyl (C=O) groups is 2. The van der Waals surface area contributed by atoms with Crippen LogP contribution in [0.5, 0.6) is 0 Å². The molecule has 0 saturated carbocycles. The zero-order valence-electron chi connectivity index (χ0n) is 19.8. The number of benzene rings is 2. The predicted molar refractivity (Wildman–Crippen MR) is 125 cm³/mol. The first kappa shape index (κ1) is 25.7. The number of anilines is 1. The molecule has 1 saturated heterocycles. The topological polar surface area (TPSA) is 55.9 Å². The molecule has 184 valence electrons. The summed E-state index contributed by atoms with van der Waals surface area (Å²) >= 11 is 0. The van der Waals surface area contributed by atoms with Crippen molar-refractivity contribution in [1.82, 2.24) is 14.7 Å². The number of carbonyl (C=O) groups excluding carboxylic acids is 2. The van der Waals surface area contributed by atoms with Crippen LogP contribution < -0.4 is 5.32 Å². The van der Waals surface area contributed by atoms with Crippen LogP contribution in [0.1, 0.15) is 22.3 Å². The zero-order chi connectivity index (χ0) is 24.9. The molecular weight excluding hydrogens is 445 g/mol. The van der Waals surface area contributed by atoms with E-state index in [9.17, 15) is 22.8 Å². The maximum absolute atomic E-state index is 12.7. The molecule has 2 aromatic rings. The van der Waals surface area contributed by atoms with Crippen molar-refractivity contribution in [1.29, 1.82) is 0 Å². The van der Waals surface area contributed by atoms with Gasteiger partial charge in [0.15, 0.2) is 0 Å². The summed E-state index contributed by atoms with van der Waals surface area (Å²) in [5.74, 6) is -0.109. The number of piperazine rings is 1. The average Bonchev–Trinajstić information content (AvgIpc) is 2.76. The Morgan fingerprint density at radius 3 is 2.12 bits per heavy atom. The van der Waals surface area contributed by atoms with Crippen LogP contribution in [0.4, 0.5) is 18.9 Å². The number of aryl methyl sites for hydroxylation is 2. The number of rotatable bonds is 7. The van der Waals surface area contributed by atoms with Crippen LogP contribution in [0.25, 0.3) is 0 Å². The maximum atomic E-state index is 12.7. The smallest absolute Gasteiger partial charge is 0.339 e. The SMILES string of the molecule is Cc1cccc(C)c1NC(=O)CN1CCN(C(=O)CN(C)Cc2ccc(C(F)(F)F)cc2)CC1. The fraction of sp³-hybridized carbons (Fsp3) is 0.440. The van der Waals surface area contributed by atoms with Crippen LogP contribution in [0, 0.1) is 13.8 Å². The van der Waals surface area contributed by atoms with Gasteiger partial charge in [0, 0.05) is 38.4 Å². The van der Waals surface area contributed by atoms with Crippen molar-refractivity contribution >= 4 is 17.5 Å². The van der Waals surface area contributed by atoms with Crippen LogP contribution in [0.2, 0.25) is 0 Å². The lowest BCUT2D eigenvalue weighted by Gasteiger charge is -2.35. The summed E-state index contributed by atoms with van der Waals surface area (Å²) in [5, 5.41) is 2.99. The highest BCUT2D eigenvalue weighted by Crippen LogP contribution is 2.29. The summed E-state index contributed by atoms with van der Waals surface area (Å²) in [5.41, 5.74) is 2.91. The van der Waals surface area contributed by atoms with E-state index in [0.29, 0.717) is 38.3 Å². The highest BCUT2D eigenvalue weighted by Gasteiger charge is 2.30. The van der Waals surface area contributed by atoms with Crippen molar-refractivity contribution in [3.63, 3.8) is 0 Å². The lowest BCUT2D eigenvalue weighted by atomic mass is 10.1. The second kappa shape index (κ2) is 11.0. The largest absolute Gasteiger partial charge is 0.416 e. The molecule has 3 rings (SSSR count). The van der Waals surface area contributed by atoms with Crippen LogP contribution in [-0.2, 0) is 22.3 Å². The van der Waals surface area contributed by atoms with Crippen LogP contribution in [-0.4, -0.2) is 72.8 Å². The number of alkyl halides is 3. The minimum Gasteiger partial charge on any atom is -0.339 e. The van der Waals surface area contributed by atoms with Crippen molar-refractivity contribution in [2.75, 3.05) is 51.6 Å². The Bertz CT molecular complexity index is 980. The molecule has 1 aliphatic heterocycles. The van der Waals surface area contributed by atoms with Crippen LogP contribution >= 0.6 is 0 Å². The number of hydrogen-bond donors (Lipinski definition) is 1. The normalized spacial score (nSPS) is 15.0. The van der Waals surface area contributed by atoms with E-state index < -0.39 is 11.7 Å². The molecule has 1 aliphatic rings. The fourth-order valence-corrected chi connectivity index (χ4v) is 4.05. The van der Waals surface area contributed by atoms with Gasteiger partial charge in [0.05, 0.1) is 18.7 Å². The number of nitrogens with zero attached hydrogens (tertiary/aromatic N) is 3. The third-order valence-corrected chi connectivity index (χ3v) is 5.98. The predicted octanol–water partition coefficient (Wildman–Crippen LogP) is 3.54. The monoisotopic (exact) mass is 476 g/mol. The Morgan fingerprint density at radius 1 is 0.971 bits per heavy atom. The number of hydrogen-bond acceptors (Lipinski definition) is 4.